The average Bonchev–Trinajstić information content (AvgIpc) is 3.81. The Balaban J connectivity index is 0.775. The monoisotopic (exact) mass is 923 g/mol. The number of carboxylic acid groups (broad SMARTS) is 1. The Hall–Kier alpha value is -7.21. The van der Waals surface area contributed by atoms with Crippen molar-refractivity contribution in [2.24, 2.45) is 0 Å². The van der Waals surface area contributed by atoms with E-state index in [1.807, 2.05) is 41.1 Å². The summed E-state index contributed by atoms with van der Waals surface area (Å²) < 4.78 is 17.0. The Morgan fingerprint density at radius 2 is 1.52 bits per heavy atom. The van der Waals surface area contributed by atoms with E-state index in [-0.39, 0.29) is 17.4 Å². The van der Waals surface area contributed by atoms with Gasteiger partial charge in [0.25, 0.3) is 5.91 Å². The summed E-state index contributed by atoms with van der Waals surface area (Å²) in [6.07, 6.45) is 10.1. The third kappa shape index (κ3) is 8.44. The molecule has 0 fully saturated rings. The lowest BCUT2D eigenvalue weighted by molar-refractivity contribution is -0.121. The normalized spacial score (nSPS) is 15.3. The summed E-state index contributed by atoms with van der Waals surface area (Å²) >= 11 is 0. The number of nitrogens with zero attached hydrogens (tertiary/aromatic N) is 4. The third-order valence-electron chi connectivity index (χ3n) is 14.7. The number of rotatable bonds is 14. The van der Waals surface area contributed by atoms with E-state index in [9.17, 15) is 19.5 Å². The van der Waals surface area contributed by atoms with Gasteiger partial charge in [0.15, 0.2) is 0 Å². The molecular weight excluding hydrogens is 865 g/mol. The van der Waals surface area contributed by atoms with E-state index in [0.29, 0.717) is 49.9 Å². The van der Waals surface area contributed by atoms with E-state index in [4.69, 9.17) is 14.6 Å². The first-order valence-electron chi connectivity index (χ1n) is 24.9. The zero-order valence-corrected chi connectivity index (χ0v) is 39.6. The highest BCUT2D eigenvalue weighted by molar-refractivity contribution is 6.03. The maximum absolute atomic E-state index is 13.7. The zero-order chi connectivity index (χ0) is 47.2. The number of hydrogen-bond acceptors (Lipinski definition) is 7. The topological polar surface area (TPSA) is 138 Å². The third-order valence-corrected chi connectivity index (χ3v) is 14.7. The highest BCUT2D eigenvalue weighted by Crippen LogP contribution is 2.49. The van der Waals surface area contributed by atoms with Crippen molar-refractivity contribution in [1.29, 1.82) is 0 Å². The molecule has 0 unspecified atom stereocenters. The molecule has 12 heteroatoms. The van der Waals surface area contributed by atoms with Crippen LogP contribution in [0.1, 0.15) is 110 Å². The smallest absolute Gasteiger partial charge is 0.336 e. The van der Waals surface area contributed by atoms with Crippen molar-refractivity contribution in [1.82, 2.24) is 25.0 Å². The van der Waals surface area contributed by atoms with Gasteiger partial charge in [0.2, 0.25) is 11.3 Å². The highest BCUT2D eigenvalue weighted by Gasteiger charge is 2.36. The number of unbranched alkanes of at least 4 members (excludes halogenated alkanes) is 1. The van der Waals surface area contributed by atoms with Crippen LogP contribution >= 0.6 is 0 Å². The molecule has 0 aliphatic carbocycles. The molecule has 5 aliphatic heterocycles. The number of anilines is 1. The predicted octanol–water partition coefficient (Wildman–Crippen LogP) is 7.25. The van der Waals surface area contributed by atoms with Gasteiger partial charge in [0.05, 0.1) is 35.3 Å². The van der Waals surface area contributed by atoms with Gasteiger partial charge >= 0.3 is 5.97 Å². The van der Waals surface area contributed by atoms with Gasteiger partial charge in [-0.25, -0.2) is 14.1 Å². The number of carbonyl (C=O) groups is 3. The van der Waals surface area contributed by atoms with Gasteiger partial charge in [-0.3, -0.25) is 9.59 Å². The Morgan fingerprint density at radius 1 is 0.783 bits per heavy atom. The molecule has 0 saturated carbocycles. The van der Waals surface area contributed by atoms with Gasteiger partial charge in [0, 0.05) is 96.2 Å². The first kappa shape index (κ1) is 44.3. The summed E-state index contributed by atoms with van der Waals surface area (Å²) in [5.41, 5.74) is 14.1. The highest BCUT2D eigenvalue weighted by atomic mass is 16.5. The first-order chi connectivity index (χ1) is 33.7. The molecule has 0 atom stereocenters. The average molecular weight is 924 g/mol. The van der Waals surface area contributed by atoms with Gasteiger partial charge in [-0.15, -0.1) is 0 Å². The van der Waals surface area contributed by atoms with Crippen molar-refractivity contribution in [3.63, 3.8) is 0 Å². The van der Waals surface area contributed by atoms with Crippen LogP contribution in [0, 0.1) is 6.92 Å². The number of amides is 2. The van der Waals surface area contributed by atoms with Crippen LogP contribution in [0.15, 0.2) is 84.9 Å². The number of ether oxygens (including phenoxy) is 2. The summed E-state index contributed by atoms with van der Waals surface area (Å²) in [5.74, 6) is 1.03. The maximum Gasteiger partial charge on any atom is 0.336 e. The summed E-state index contributed by atoms with van der Waals surface area (Å²) in [5, 5.41) is 24.1. The minimum Gasteiger partial charge on any atom is -0.497 e. The van der Waals surface area contributed by atoms with E-state index in [2.05, 4.69) is 63.4 Å². The lowest BCUT2D eigenvalue weighted by Gasteiger charge is -2.39. The molecule has 69 heavy (non-hydrogen) atoms. The zero-order valence-electron chi connectivity index (χ0n) is 39.6. The molecule has 12 nitrogen and oxygen atoms in total. The Kier molecular flexibility index (Phi) is 12.0. The van der Waals surface area contributed by atoms with Crippen LogP contribution < -0.4 is 40.2 Å². The van der Waals surface area contributed by atoms with Crippen molar-refractivity contribution in [2.75, 3.05) is 51.3 Å². The SMILES string of the molecule is COc1ccc(-n2nc(CCC(=O)NCCCCNC(=O)c3ccc(C4=c5cc6c7c(c5Oc5c4cc4c8c5CCCN8CCC4)CCC[N+]=7CCC6)c(C(=O)O)c3)cc2-c2ccc(C)cc2)cc1. The van der Waals surface area contributed by atoms with Crippen LogP contribution in [0.3, 0.4) is 0 Å². The molecular formula is C57H59N6O6+. The van der Waals surface area contributed by atoms with Crippen molar-refractivity contribution in [3.05, 3.63) is 151 Å². The summed E-state index contributed by atoms with van der Waals surface area (Å²) in [6, 6.07) is 27.8. The summed E-state index contributed by atoms with van der Waals surface area (Å²) in [7, 11) is 1.64. The molecule has 352 valence electrons. The number of aromatic carboxylic acids is 1. The number of carboxylic acids is 1. The number of hydrogen-bond donors (Lipinski definition) is 3. The molecule has 5 aliphatic rings. The quantitative estimate of drug-likeness (QED) is 0.0767. The summed E-state index contributed by atoms with van der Waals surface area (Å²) in [6.45, 7) is 7.09. The second-order valence-electron chi connectivity index (χ2n) is 19.2. The van der Waals surface area contributed by atoms with Crippen LogP contribution in [0.5, 0.6) is 17.2 Å². The number of benzene rings is 5. The molecule has 11 rings (SSSR count). The fraction of sp³-hybridized carbons (Fsp3) is 0.351. The number of aromatic nitrogens is 2. The van der Waals surface area contributed by atoms with Crippen molar-refractivity contribution in [2.45, 2.75) is 84.0 Å². The number of aryl methyl sites for hydroxylation is 4. The first-order valence-corrected chi connectivity index (χ1v) is 24.9. The minimum absolute atomic E-state index is 0.0635. The predicted molar refractivity (Wildman–Crippen MR) is 267 cm³/mol. The molecule has 0 saturated heterocycles. The van der Waals surface area contributed by atoms with Gasteiger partial charge in [-0.2, -0.15) is 5.10 Å². The molecule has 6 aromatic rings. The molecule has 0 spiro atoms. The van der Waals surface area contributed by atoms with Crippen molar-refractivity contribution >= 4 is 29.0 Å². The number of methoxy groups -OCH3 is 1. The second kappa shape index (κ2) is 18.7. The van der Waals surface area contributed by atoms with Crippen molar-refractivity contribution in [3.8, 4) is 34.2 Å². The van der Waals surface area contributed by atoms with Crippen molar-refractivity contribution < 1.29 is 29.0 Å². The van der Waals surface area contributed by atoms with Crippen LogP contribution in [0.25, 0.3) is 22.5 Å². The number of carbonyl (C=O) groups excluding carboxylic acids is 2. The van der Waals surface area contributed by atoms with Crippen LogP contribution in [-0.4, -0.2) is 79.0 Å². The van der Waals surface area contributed by atoms with Crippen LogP contribution in [-0.2, 0) is 36.9 Å². The van der Waals surface area contributed by atoms with Gasteiger partial charge in [0.1, 0.15) is 30.3 Å². The molecule has 3 N–H and O–H groups in total. The van der Waals surface area contributed by atoms with Crippen LogP contribution in [0.2, 0.25) is 0 Å². The molecule has 5 aromatic carbocycles. The molecule has 2 amide bonds. The Morgan fingerprint density at radius 3 is 2.30 bits per heavy atom. The molecule has 1 aromatic heterocycles. The van der Waals surface area contributed by atoms with Gasteiger partial charge in [-0.05, 0) is 124 Å². The summed E-state index contributed by atoms with van der Waals surface area (Å²) in [4.78, 5) is 42.5. The van der Waals surface area contributed by atoms with E-state index < -0.39 is 5.97 Å². The Bertz CT molecular complexity index is 3170. The molecule has 6 heterocycles. The fourth-order valence-corrected chi connectivity index (χ4v) is 11.4. The maximum atomic E-state index is 13.7. The number of nitrogens with one attached hydrogen (secondary N) is 2. The second-order valence-corrected chi connectivity index (χ2v) is 19.2. The largest absolute Gasteiger partial charge is 0.497 e. The molecule has 0 bridgehead atoms. The lowest BCUT2D eigenvalue weighted by atomic mass is 9.81. The molecule has 0 radical (unpaired) electrons. The van der Waals surface area contributed by atoms with E-state index in [0.717, 1.165) is 134 Å². The van der Waals surface area contributed by atoms with Crippen LogP contribution in [0.4, 0.5) is 5.69 Å². The lowest BCUT2D eigenvalue weighted by Crippen LogP contribution is -2.45. The standard InChI is InChI=1S/C57H58N6O6/c1-35-13-15-36(16-14-35)49-34-40(60-63(49)41-19-21-42(68-2)22-20-41)18-24-50(64)58-25-3-4-26-59-56(65)39-17-23-43(46(33-39)57(66)67)51-47-31-37-9-5-27-61-29-7-11-44(52(37)61)54(47)69-55-45-12-8-30-62-28-6-10-38(53(45)62)32-48(51)55/h13-17,19-23,31-34H,3-12,18,24-30H2,1-2H3,(H2-,58,59,64,65,66,67)/p+1. The Labute approximate surface area is 402 Å². The van der Waals surface area contributed by atoms with E-state index >= 15 is 0 Å². The minimum atomic E-state index is -1.08. The van der Waals surface area contributed by atoms with E-state index in [1.165, 1.54) is 44.9 Å². The fourth-order valence-electron chi connectivity index (χ4n) is 11.4. The van der Waals surface area contributed by atoms with Gasteiger partial charge in [-0.1, -0.05) is 35.9 Å². The van der Waals surface area contributed by atoms with Gasteiger partial charge < -0.3 is 30.1 Å². The van der Waals surface area contributed by atoms with E-state index in [1.54, 1.807) is 13.2 Å². The number of fused-ring (bicyclic) bond motifs is 4.